The molecule has 0 radical (unpaired) electrons. The van der Waals surface area contributed by atoms with Crippen LogP contribution in [0.4, 0.5) is 11.4 Å². The third-order valence-corrected chi connectivity index (χ3v) is 3.74. The highest BCUT2D eigenvalue weighted by atomic mass is 35.5. The Morgan fingerprint density at radius 3 is 2.65 bits per heavy atom. The van der Waals surface area contributed by atoms with Crippen molar-refractivity contribution < 1.29 is 9.72 Å². The highest BCUT2D eigenvalue weighted by Gasteiger charge is 2.26. The normalized spacial score (nSPS) is 22.2. The van der Waals surface area contributed by atoms with Crippen molar-refractivity contribution in [1.29, 1.82) is 0 Å². The maximum atomic E-state index is 11.1. The lowest BCUT2D eigenvalue weighted by Crippen LogP contribution is -2.32. The number of hydrogen-bond acceptors (Lipinski definition) is 5. The maximum Gasteiger partial charge on any atom is 0.310 e. The Bertz CT molecular complexity index is 529. The second-order valence-corrected chi connectivity index (χ2v) is 5.26. The first-order valence-electron chi connectivity index (χ1n) is 6.33. The standard InChI is InChI=1S/C12H15ClN4O3/c13-11-5-9(10(6-15-11)17(19)20)16-8-3-1-7(2-4-8)12(14)18/h5-8H,1-4H2,(H2,14,18)(H,15,16). The molecule has 1 saturated carbocycles. The second kappa shape index (κ2) is 6.04. The summed E-state index contributed by atoms with van der Waals surface area (Å²) in [6.45, 7) is 0. The van der Waals surface area contributed by atoms with E-state index >= 15 is 0 Å². The summed E-state index contributed by atoms with van der Waals surface area (Å²) >= 11 is 5.77. The van der Waals surface area contributed by atoms with E-state index < -0.39 is 4.92 Å². The summed E-state index contributed by atoms with van der Waals surface area (Å²) in [5, 5.41) is 14.2. The molecule has 1 aliphatic carbocycles. The van der Waals surface area contributed by atoms with Crippen LogP contribution in [0.15, 0.2) is 12.3 Å². The third kappa shape index (κ3) is 3.36. The van der Waals surface area contributed by atoms with Crippen LogP contribution in [-0.2, 0) is 4.79 Å². The Kier molecular flexibility index (Phi) is 4.39. The highest BCUT2D eigenvalue weighted by Crippen LogP contribution is 2.31. The van der Waals surface area contributed by atoms with Gasteiger partial charge in [0, 0.05) is 18.0 Å². The number of anilines is 1. The van der Waals surface area contributed by atoms with E-state index in [4.69, 9.17) is 17.3 Å². The minimum atomic E-state index is -0.499. The summed E-state index contributed by atoms with van der Waals surface area (Å²) in [5.74, 6) is -0.370. The van der Waals surface area contributed by atoms with Crippen molar-refractivity contribution in [1.82, 2.24) is 4.98 Å². The van der Waals surface area contributed by atoms with Gasteiger partial charge in [0.25, 0.3) is 0 Å². The van der Waals surface area contributed by atoms with Crippen LogP contribution in [0.25, 0.3) is 0 Å². The lowest BCUT2D eigenvalue weighted by Gasteiger charge is -2.27. The minimum absolute atomic E-state index is 0.0720. The lowest BCUT2D eigenvalue weighted by atomic mass is 9.85. The smallest absolute Gasteiger partial charge is 0.310 e. The van der Waals surface area contributed by atoms with E-state index in [1.807, 2.05) is 0 Å². The number of primary amides is 1. The molecule has 2 rings (SSSR count). The number of nitrogens with zero attached hydrogens (tertiary/aromatic N) is 2. The van der Waals surface area contributed by atoms with E-state index in [1.165, 1.54) is 6.07 Å². The molecule has 1 aliphatic rings. The summed E-state index contributed by atoms with van der Waals surface area (Å²) in [7, 11) is 0. The fraction of sp³-hybridized carbons (Fsp3) is 0.500. The Morgan fingerprint density at radius 1 is 1.45 bits per heavy atom. The molecule has 8 heteroatoms. The monoisotopic (exact) mass is 298 g/mol. The van der Waals surface area contributed by atoms with Gasteiger partial charge in [0.05, 0.1) is 4.92 Å². The molecule has 1 aromatic heterocycles. The van der Waals surface area contributed by atoms with Crippen molar-refractivity contribution >= 4 is 28.9 Å². The van der Waals surface area contributed by atoms with Crippen LogP contribution < -0.4 is 11.1 Å². The van der Waals surface area contributed by atoms with Crippen molar-refractivity contribution in [2.24, 2.45) is 11.7 Å². The SMILES string of the molecule is NC(=O)C1CCC(Nc2cc(Cl)ncc2[N+](=O)[O-])CC1. The molecule has 0 bridgehead atoms. The van der Waals surface area contributed by atoms with Crippen LogP contribution in [0.2, 0.25) is 5.15 Å². The molecule has 0 aromatic carbocycles. The van der Waals surface area contributed by atoms with E-state index in [-0.39, 0.29) is 28.7 Å². The van der Waals surface area contributed by atoms with Crippen LogP contribution in [0, 0.1) is 16.0 Å². The number of hydrogen-bond donors (Lipinski definition) is 2. The molecule has 108 valence electrons. The van der Waals surface area contributed by atoms with Crippen LogP contribution in [0.1, 0.15) is 25.7 Å². The van der Waals surface area contributed by atoms with Gasteiger partial charge in [0.1, 0.15) is 17.0 Å². The number of carbonyl (C=O) groups is 1. The van der Waals surface area contributed by atoms with E-state index in [2.05, 4.69) is 10.3 Å². The Labute approximate surface area is 120 Å². The summed E-state index contributed by atoms with van der Waals surface area (Å²) in [6.07, 6.45) is 4.01. The van der Waals surface area contributed by atoms with E-state index in [1.54, 1.807) is 0 Å². The fourth-order valence-electron chi connectivity index (χ4n) is 2.43. The quantitative estimate of drug-likeness (QED) is 0.502. The number of halogens is 1. The Balaban J connectivity index is 2.06. The van der Waals surface area contributed by atoms with Gasteiger partial charge in [-0.25, -0.2) is 4.98 Å². The number of pyridine rings is 1. The van der Waals surface area contributed by atoms with Crippen LogP contribution in [0.3, 0.4) is 0 Å². The molecule has 20 heavy (non-hydrogen) atoms. The zero-order valence-corrected chi connectivity index (χ0v) is 11.5. The van der Waals surface area contributed by atoms with E-state index in [9.17, 15) is 14.9 Å². The molecule has 1 aromatic rings. The van der Waals surface area contributed by atoms with Crippen molar-refractivity contribution in [3.63, 3.8) is 0 Å². The van der Waals surface area contributed by atoms with Gasteiger partial charge in [-0.2, -0.15) is 0 Å². The molecular formula is C12H15ClN4O3. The third-order valence-electron chi connectivity index (χ3n) is 3.54. The number of carbonyl (C=O) groups excluding carboxylic acids is 1. The number of rotatable bonds is 4. The average molecular weight is 299 g/mol. The Morgan fingerprint density at radius 2 is 2.10 bits per heavy atom. The van der Waals surface area contributed by atoms with Gasteiger partial charge in [0.2, 0.25) is 5.91 Å². The summed E-state index contributed by atoms with van der Waals surface area (Å²) < 4.78 is 0. The number of aromatic nitrogens is 1. The second-order valence-electron chi connectivity index (χ2n) is 4.88. The number of nitro groups is 1. The maximum absolute atomic E-state index is 11.1. The number of nitrogens with one attached hydrogen (secondary N) is 1. The van der Waals surface area contributed by atoms with Gasteiger partial charge in [-0.15, -0.1) is 0 Å². The Hall–Kier alpha value is -1.89. The van der Waals surface area contributed by atoms with Gasteiger partial charge in [-0.1, -0.05) is 11.6 Å². The molecule has 1 fully saturated rings. The van der Waals surface area contributed by atoms with Crippen molar-refractivity contribution in [2.75, 3.05) is 5.32 Å². The zero-order valence-electron chi connectivity index (χ0n) is 10.7. The number of nitrogens with two attached hydrogens (primary N) is 1. The van der Waals surface area contributed by atoms with Gasteiger partial charge < -0.3 is 11.1 Å². The fourth-order valence-corrected chi connectivity index (χ4v) is 2.58. The first-order valence-corrected chi connectivity index (χ1v) is 6.71. The molecule has 3 N–H and O–H groups in total. The van der Waals surface area contributed by atoms with E-state index in [0.29, 0.717) is 18.5 Å². The first kappa shape index (κ1) is 14.5. The molecule has 1 heterocycles. The van der Waals surface area contributed by atoms with Gasteiger partial charge in [0.15, 0.2) is 0 Å². The van der Waals surface area contributed by atoms with Crippen molar-refractivity contribution in [2.45, 2.75) is 31.7 Å². The van der Waals surface area contributed by atoms with Crippen molar-refractivity contribution in [3.8, 4) is 0 Å². The largest absolute Gasteiger partial charge is 0.377 e. The molecular weight excluding hydrogens is 284 g/mol. The van der Waals surface area contributed by atoms with Gasteiger partial charge in [-0.05, 0) is 25.7 Å². The van der Waals surface area contributed by atoms with Gasteiger partial charge in [-0.3, -0.25) is 14.9 Å². The minimum Gasteiger partial charge on any atom is -0.377 e. The zero-order chi connectivity index (χ0) is 14.7. The molecule has 7 nitrogen and oxygen atoms in total. The molecule has 0 spiro atoms. The molecule has 0 unspecified atom stereocenters. The van der Waals surface area contributed by atoms with Crippen LogP contribution in [-0.4, -0.2) is 21.9 Å². The van der Waals surface area contributed by atoms with E-state index in [0.717, 1.165) is 19.0 Å². The molecule has 0 atom stereocenters. The summed E-state index contributed by atoms with van der Waals surface area (Å²) in [5.41, 5.74) is 5.53. The summed E-state index contributed by atoms with van der Waals surface area (Å²) in [6, 6.07) is 1.52. The number of amides is 1. The molecule has 1 amide bonds. The predicted molar refractivity (Wildman–Crippen MR) is 74.5 cm³/mol. The average Bonchev–Trinajstić information content (AvgIpc) is 2.39. The van der Waals surface area contributed by atoms with Gasteiger partial charge >= 0.3 is 5.69 Å². The summed E-state index contributed by atoms with van der Waals surface area (Å²) in [4.78, 5) is 25.2. The highest BCUT2D eigenvalue weighted by molar-refractivity contribution is 6.29. The first-order chi connectivity index (χ1) is 9.47. The van der Waals surface area contributed by atoms with Crippen LogP contribution in [0.5, 0.6) is 0 Å². The molecule has 0 saturated heterocycles. The van der Waals surface area contributed by atoms with Crippen molar-refractivity contribution in [3.05, 3.63) is 27.5 Å². The van der Waals surface area contributed by atoms with Crippen LogP contribution >= 0.6 is 11.6 Å². The lowest BCUT2D eigenvalue weighted by molar-refractivity contribution is -0.384. The predicted octanol–water partition coefficient (Wildman–Crippen LogP) is 2.10. The molecule has 0 aliphatic heterocycles. The topological polar surface area (TPSA) is 111 Å².